The van der Waals surface area contributed by atoms with E-state index in [1.54, 1.807) is 44.3 Å². The molecule has 5 nitrogen and oxygen atoms in total. The molecule has 3 rings (SSSR count). The van der Waals surface area contributed by atoms with E-state index in [0.29, 0.717) is 28.6 Å². The second-order valence-electron chi connectivity index (χ2n) is 7.35. The van der Waals surface area contributed by atoms with E-state index >= 15 is 0 Å². The molecule has 32 heavy (non-hydrogen) atoms. The number of alkyl halides is 3. The van der Waals surface area contributed by atoms with Crippen LogP contribution in [0.15, 0.2) is 70.2 Å². The first-order valence-electron chi connectivity index (χ1n) is 10.6. The fourth-order valence-electron chi connectivity index (χ4n) is 3.56. The molecule has 0 spiro atoms. The van der Waals surface area contributed by atoms with Crippen LogP contribution in [0.2, 0.25) is 0 Å². The maximum absolute atomic E-state index is 13.5. The van der Waals surface area contributed by atoms with E-state index in [0.717, 1.165) is 31.1 Å². The van der Waals surface area contributed by atoms with Crippen molar-refractivity contribution < 1.29 is 27.4 Å². The SMILES string of the molecule is C\C=C/C(=C\C(=C\CC)C(F)(F)F)C1=NC2=C(CCCC2Oc2ccnc(OC)c2)OC1. The third kappa shape index (κ3) is 5.81. The first-order chi connectivity index (χ1) is 15.4. The van der Waals surface area contributed by atoms with Crippen LogP contribution in [0.25, 0.3) is 0 Å². The normalized spacial score (nSPS) is 20.1. The monoisotopic (exact) mass is 448 g/mol. The summed E-state index contributed by atoms with van der Waals surface area (Å²) < 4.78 is 57.6. The van der Waals surface area contributed by atoms with E-state index in [4.69, 9.17) is 19.2 Å². The molecule has 1 unspecified atom stereocenters. The second kappa shape index (κ2) is 10.5. The third-order valence-corrected chi connectivity index (χ3v) is 5.03. The number of hydrogen-bond donors (Lipinski definition) is 0. The first-order valence-corrected chi connectivity index (χ1v) is 10.6. The van der Waals surface area contributed by atoms with Crippen LogP contribution in [0.3, 0.4) is 0 Å². The van der Waals surface area contributed by atoms with Crippen LogP contribution in [-0.4, -0.2) is 36.7 Å². The van der Waals surface area contributed by atoms with Gasteiger partial charge < -0.3 is 14.2 Å². The number of allylic oxidation sites excluding steroid dienone is 6. The predicted octanol–water partition coefficient (Wildman–Crippen LogP) is 6.11. The van der Waals surface area contributed by atoms with Gasteiger partial charge in [0.25, 0.3) is 0 Å². The summed E-state index contributed by atoms with van der Waals surface area (Å²) >= 11 is 0. The average Bonchev–Trinajstić information content (AvgIpc) is 2.78. The van der Waals surface area contributed by atoms with Gasteiger partial charge in [-0.1, -0.05) is 25.2 Å². The van der Waals surface area contributed by atoms with Gasteiger partial charge >= 0.3 is 6.18 Å². The van der Waals surface area contributed by atoms with E-state index in [-0.39, 0.29) is 19.1 Å². The quantitative estimate of drug-likeness (QED) is 0.473. The fourth-order valence-corrected chi connectivity index (χ4v) is 3.56. The van der Waals surface area contributed by atoms with Crippen LogP contribution in [0.1, 0.15) is 39.5 Å². The van der Waals surface area contributed by atoms with Crippen molar-refractivity contribution in [2.75, 3.05) is 13.7 Å². The standard InChI is InChI=1S/C24H27F3N2O3/c1-4-7-16(13-17(8-5-2)24(25,26)27)19-15-31-20-9-6-10-21(23(20)29-19)32-18-11-12-28-22(14-18)30-3/h4,7-8,11-14,21H,5-6,9-10,15H2,1-3H3/b7-4-,16-13+,17-8-. The number of halogens is 3. The van der Waals surface area contributed by atoms with Crippen molar-refractivity contribution in [3.05, 3.63) is 65.2 Å². The van der Waals surface area contributed by atoms with Gasteiger partial charge in [-0.3, -0.25) is 0 Å². The van der Waals surface area contributed by atoms with E-state index in [1.807, 2.05) is 0 Å². The van der Waals surface area contributed by atoms with Crippen molar-refractivity contribution in [2.24, 2.45) is 4.99 Å². The van der Waals surface area contributed by atoms with Crippen LogP contribution in [-0.2, 0) is 4.74 Å². The summed E-state index contributed by atoms with van der Waals surface area (Å²) in [7, 11) is 1.52. The highest BCUT2D eigenvalue weighted by Crippen LogP contribution is 2.34. The minimum Gasteiger partial charge on any atom is -0.490 e. The van der Waals surface area contributed by atoms with Gasteiger partial charge in [-0.15, -0.1) is 0 Å². The number of ether oxygens (including phenoxy) is 3. The Morgan fingerprint density at radius 3 is 2.84 bits per heavy atom. The van der Waals surface area contributed by atoms with Crippen LogP contribution in [0.4, 0.5) is 13.2 Å². The molecule has 1 aliphatic heterocycles. The van der Waals surface area contributed by atoms with Gasteiger partial charge in [0, 0.05) is 18.7 Å². The summed E-state index contributed by atoms with van der Waals surface area (Å²) in [5, 5.41) is 0. The lowest BCUT2D eigenvalue weighted by atomic mass is 9.97. The van der Waals surface area contributed by atoms with Crippen molar-refractivity contribution in [1.29, 1.82) is 0 Å². The summed E-state index contributed by atoms with van der Waals surface area (Å²) in [4.78, 5) is 8.80. The minimum absolute atomic E-state index is 0.113. The summed E-state index contributed by atoms with van der Waals surface area (Å²) in [5.41, 5.74) is 0.731. The topological polar surface area (TPSA) is 52.9 Å². The van der Waals surface area contributed by atoms with Crippen molar-refractivity contribution in [3.63, 3.8) is 0 Å². The Labute approximate surface area is 186 Å². The smallest absolute Gasteiger partial charge is 0.416 e. The Kier molecular flexibility index (Phi) is 7.77. The Bertz CT molecular complexity index is 975. The largest absolute Gasteiger partial charge is 0.490 e. The molecule has 0 amide bonds. The fraction of sp³-hybridized carbons (Fsp3) is 0.417. The van der Waals surface area contributed by atoms with E-state index in [1.165, 1.54) is 13.2 Å². The molecule has 1 aromatic heterocycles. The van der Waals surface area contributed by atoms with Gasteiger partial charge in [0.2, 0.25) is 5.88 Å². The van der Waals surface area contributed by atoms with Crippen molar-refractivity contribution in [3.8, 4) is 11.6 Å². The number of hydrogen-bond acceptors (Lipinski definition) is 5. The summed E-state index contributed by atoms with van der Waals surface area (Å²) in [6.45, 7) is 3.54. The van der Waals surface area contributed by atoms with E-state index in [9.17, 15) is 13.2 Å². The molecule has 0 fully saturated rings. The molecule has 0 aromatic carbocycles. The second-order valence-corrected chi connectivity index (χ2v) is 7.35. The molecule has 0 bridgehead atoms. The van der Waals surface area contributed by atoms with Crippen LogP contribution < -0.4 is 9.47 Å². The zero-order valence-corrected chi connectivity index (χ0v) is 18.4. The highest BCUT2D eigenvalue weighted by molar-refractivity contribution is 6.05. The van der Waals surface area contributed by atoms with Crippen molar-refractivity contribution >= 4 is 5.71 Å². The average molecular weight is 448 g/mol. The zero-order chi connectivity index (χ0) is 23.1. The van der Waals surface area contributed by atoms with Crippen LogP contribution >= 0.6 is 0 Å². The third-order valence-electron chi connectivity index (χ3n) is 5.03. The highest BCUT2D eigenvalue weighted by Gasteiger charge is 2.33. The van der Waals surface area contributed by atoms with Gasteiger partial charge in [-0.25, -0.2) is 9.98 Å². The lowest BCUT2D eigenvalue weighted by Gasteiger charge is -2.30. The minimum atomic E-state index is -4.44. The number of rotatable bonds is 7. The van der Waals surface area contributed by atoms with E-state index < -0.39 is 11.7 Å². The zero-order valence-electron chi connectivity index (χ0n) is 18.4. The van der Waals surface area contributed by atoms with Crippen molar-refractivity contribution in [2.45, 2.75) is 51.8 Å². The molecule has 8 heteroatoms. The van der Waals surface area contributed by atoms with E-state index in [2.05, 4.69) is 4.98 Å². The maximum Gasteiger partial charge on any atom is 0.416 e. The van der Waals surface area contributed by atoms with Gasteiger partial charge in [-0.05, 0) is 43.9 Å². The molecular weight excluding hydrogens is 421 g/mol. The first kappa shape index (κ1) is 23.6. The number of pyridine rings is 1. The molecular formula is C24H27F3N2O3. The number of aliphatic imine (C=N–C) groups is 1. The summed E-state index contributed by atoms with van der Waals surface area (Å²) in [6, 6.07) is 3.40. The predicted molar refractivity (Wildman–Crippen MR) is 117 cm³/mol. The summed E-state index contributed by atoms with van der Waals surface area (Å²) in [6.07, 6.45) is 4.96. The van der Waals surface area contributed by atoms with Gasteiger partial charge in [0.15, 0.2) is 0 Å². The Morgan fingerprint density at radius 2 is 2.16 bits per heavy atom. The Morgan fingerprint density at radius 1 is 1.34 bits per heavy atom. The molecule has 1 atom stereocenters. The molecule has 0 radical (unpaired) electrons. The van der Waals surface area contributed by atoms with Crippen LogP contribution in [0, 0.1) is 0 Å². The molecule has 1 aliphatic carbocycles. The lowest BCUT2D eigenvalue weighted by Crippen LogP contribution is -2.29. The maximum atomic E-state index is 13.5. The Balaban J connectivity index is 1.95. The molecule has 172 valence electrons. The van der Waals surface area contributed by atoms with Gasteiger partial charge in [0.05, 0.1) is 18.4 Å². The molecule has 1 aromatic rings. The number of methoxy groups -OCH3 is 1. The lowest BCUT2D eigenvalue weighted by molar-refractivity contribution is -0.0884. The summed E-state index contributed by atoms with van der Waals surface area (Å²) in [5.74, 6) is 1.73. The van der Waals surface area contributed by atoms with Crippen LogP contribution in [0.5, 0.6) is 11.6 Å². The molecule has 2 aliphatic rings. The molecule has 0 saturated carbocycles. The van der Waals surface area contributed by atoms with Crippen molar-refractivity contribution in [1.82, 2.24) is 4.98 Å². The number of aromatic nitrogens is 1. The number of nitrogens with zero attached hydrogens (tertiary/aromatic N) is 2. The highest BCUT2D eigenvalue weighted by atomic mass is 19.4. The Hall–Kier alpha value is -3.03. The van der Waals surface area contributed by atoms with Gasteiger partial charge in [0.1, 0.15) is 29.9 Å². The molecule has 2 heterocycles. The molecule has 0 N–H and O–H groups in total. The molecule has 0 saturated heterocycles. The van der Waals surface area contributed by atoms with Gasteiger partial charge in [-0.2, -0.15) is 13.2 Å².